The summed E-state index contributed by atoms with van der Waals surface area (Å²) in [6, 6.07) is 12.3. The third-order valence-electron chi connectivity index (χ3n) is 4.61. The Morgan fingerprint density at radius 3 is 2.71 bits per heavy atom. The average molecular weight is 438 g/mol. The van der Waals surface area contributed by atoms with Crippen LogP contribution in [0.3, 0.4) is 0 Å². The van der Waals surface area contributed by atoms with E-state index in [1.54, 1.807) is 56.8 Å². The van der Waals surface area contributed by atoms with E-state index in [-0.39, 0.29) is 11.9 Å². The van der Waals surface area contributed by atoms with Crippen LogP contribution < -0.4 is 26.4 Å². The van der Waals surface area contributed by atoms with Gasteiger partial charge in [0.05, 0.1) is 34.5 Å². The normalized spacial score (nSPS) is 10.7. The van der Waals surface area contributed by atoms with Gasteiger partial charge in [0.1, 0.15) is 17.2 Å². The van der Waals surface area contributed by atoms with E-state index in [0.29, 0.717) is 50.2 Å². The molecule has 0 aliphatic carbocycles. The number of nitrogens with zero attached hydrogens (tertiary/aromatic N) is 2. The van der Waals surface area contributed by atoms with Gasteiger partial charge in [-0.2, -0.15) is 9.97 Å². The van der Waals surface area contributed by atoms with Crippen molar-refractivity contribution < 1.29 is 9.53 Å². The third-order valence-corrected chi connectivity index (χ3v) is 4.90. The predicted molar refractivity (Wildman–Crippen MR) is 123 cm³/mol. The van der Waals surface area contributed by atoms with Gasteiger partial charge in [0, 0.05) is 18.9 Å². The van der Waals surface area contributed by atoms with E-state index in [1.807, 2.05) is 6.07 Å². The van der Waals surface area contributed by atoms with Gasteiger partial charge in [0.2, 0.25) is 5.95 Å². The van der Waals surface area contributed by atoms with Gasteiger partial charge in [0.25, 0.3) is 5.91 Å². The molecule has 0 atom stereocenters. The molecule has 0 saturated carbocycles. The van der Waals surface area contributed by atoms with Crippen LogP contribution in [-0.4, -0.2) is 35.0 Å². The molecule has 0 saturated heterocycles. The summed E-state index contributed by atoms with van der Waals surface area (Å²) in [4.78, 5) is 24.4. The highest BCUT2D eigenvalue weighted by molar-refractivity contribution is 6.36. The van der Waals surface area contributed by atoms with Crippen molar-refractivity contribution in [2.45, 2.75) is 0 Å². The molecule has 0 spiro atoms. The Bertz CT molecular complexity index is 1270. The number of nitrogens with two attached hydrogens (primary N) is 1. The van der Waals surface area contributed by atoms with E-state index in [9.17, 15) is 4.79 Å². The molecule has 4 aromatic rings. The van der Waals surface area contributed by atoms with Crippen molar-refractivity contribution in [1.82, 2.24) is 20.3 Å². The third kappa shape index (κ3) is 4.03. The van der Waals surface area contributed by atoms with Gasteiger partial charge in [-0.15, -0.1) is 0 Å². The van der Waals surface area contributed by atoms with Crippen LogP contribution in [0.2, 0.25) is 5.02 Å². The van der Waals surface area contributed by atoms with E-state index >= 15 is 0 Å². The maximum atomic E-state index is 12.3. The predicted octanol–water partition coefficient (Wildman–Crippen LogP) is 4.05. The maximum absolute atomic E-state index is 12.3. The van der Waals surface area contributed by atoms with Crippen LogP contribution in [0.5, 0.6) is 5.75 Å². The van der Waals surface area contributed by atoms with Gasteiger partial charge in [-0.1, -0.05) is 23.7 Å². The van der Waals surface area contributed by atoms with Gasteiger partial charge in [0.15, 0.2) is 0 Å². The second kappa shape index (κ2) is 8.41. The number of nitrogen functional groups attached to an aromatic ring is 1. The van der Waals surface area contributed by atoms with E-state index in [1.165, 1.54) is 0 Å². The fraction of sp³-hybridized carbons (Fsp3) is 0.0952. The first-order valence-electron chi connectivity index (χ1n) is 9.33. The molecule has 0 radical (unpaired) electrons. The van der Waals surface area contributed by atoms with Crippen molar-refractivity contribution in [3.8, 4) is 5.75 Å². The van der Waals surface area contributed by atoms with E-state index in [4.69, 9.17) is 22.1 Å². The minimum absolute atomic E-state index is 0.226. The number of benzene rings is 2. The SMILES string of the molecule is CNC(=O)c1ccccc1Nc1nc(Nc2cc(N)ccc2OC)nc2[nH]cc(Cl)c12. The van der Waals surface area contributed by atoms with Crippen molar-refractivity contribution in [3.05, 3.63) is 59.2 Å². The van der Waals surface area contributed by atoms with E-state index in [2.05, 4.69) is 30.9 Å². The topological polar surface area (TPSA) is 130 Å². The van der Waals surface area contributed by atoms with Crippen molar-refractivity contribution in [1.29, 1.82) is 0 Å². The first-order chi connectivity index (χ1) is 15.0. The van der Waals surface area contributed by atoms with Crippen molar-refractivity contribution >= 4 is 57.4 Å². The molecule has 2 aromatic carbocycles. The second-order valence-corrected chi connectivity index (χ2v) is 7.00. The number of H-pyrrole nitrogens is 1. The highest BCUT2D eigenvalue weighted by Crippen LogP contribution is 2.34. The highest BCUT2D eigenvalue weighted by Gasteiger charge is 2.17. The number of methoxy groups -OCH3 is 1. The zero-order chi connectivity index (χ0) is 22.0. The summed E-state index contributed by atoms with van der Waals surface area (Å²) in [6.45, 7) is 0. The first-order valence-corrected chi connectivity index (χ1v) is 9.71. The number of fused-ring (bicyclic) bond motifs is 1. The quantitative estimate of drug-likeness (QED) is 0.288. The van der Waals surface area contributed by atoms with Crippen LogP contribution in [0.15, 0.2) is 48.7 Å². The van der Waals surface area contributed by atoms with Crippen LogP contribution in [0.1, 0.15) is 10.4 Å². The molecule has 0 aliphatic heterocycles. The van der Waals surface area contributed by atoms with Crippen molar-refractivity contribution in [2.24, 2.45) is 0 Å². The number of aromatic nitrogens is 3. The number of aromatic amines is 1. The lowest BCUT2D eigenvalue weighted by Gasteiger charge is -2.14. The molecule has 2 aromatic heterocycles. The molecule has 158 valence electrons. The molecular formula is C21H20ClN7O2. The maximum Gasteiger partial charge on any atom is 0.253 e. The van der Waals surface area contributed by atoms with E-state index in [0.717, 1.165) is 0 Å². The summed E-state index contributed by atoms with van der Waals surface area (Å²) in [5, 5.41) is 10.0. The number of para-hydroxylation sites is 1. The number of hydrogen-bond donors (Lipinski definition) is 5. The Hall–Kier alpha value is -3.98. The smallest absolute Gasteiger partial charge is 0.253 e. The number of halogens is 1. The number of carbonyl (C=O) groups is 1. The molecule has 31 heavy (non-hydrogen) atoms. The van der Waals surface area contributed by atoms with Gasteiger partial charge in [-0.05, 0) is 30.3 Å². The minimum Gasteiger partial charge on any atom is -0.495 e. The lowest BCUT2D eigenvalue weighted by molar-refractivity contribution is 0.0964. The Balaban J connectivity index is 1.79. The lowest BCUT2D eigenvalue weighted by atomic mass is 10.1. The Morgan fingerprint density at radius 2 is 1.94 bits per heavy atom. The molecule has 10 heteroatoms. The number of rotatable bonds is 6. The summed E-state index contributed by atoms with van der Waals surface area (Å²) < 4.78 is 5.38. The fourth-order valence-corrected chi connectivity index (χ4v) is 3.37. The van der Waals surface area contributed by atoms with Gasteiger partial charge < -0.3 is 31.4 Å². The molecule has 4 rings (SSSR count). The summed E-state index contributed by atoms with van der Waals surface area (Å²) in [6.07, 6.45) is 1.63. The zero-order valence-electron chi connectivity index (χ0n) is 16.8. The molecule has 0 fully saturated rings. The average Bonchev–Trinajstić information content (AvgIpc) is 3.14. The Labute approximate surface area is 183 Å². The molecule has 0 bridgehead atoms. The van der Waals surface area contributed by atoms with Crippen molar-refractivity contribution in [3.63, 3.8) is 0 Å². The van der Waals surface area contributed by atoms with Crippen LogP contribution >= 0.6 is 11.6 Å². The first kappa shape index (κ1) is 20.3. The monoisotopic (exact) mass is 437 g/mol. The van der Waals surface area contributed by atoms with Crippen LogP contribution in [0.4, 0.5) is 28.8 Å². The van der Waals surface area contributed by atoms with E-state index < -0.39 is 0 Å². The number of hydrogen-bond acceptors (Lipinski definition) is 7. The molecule has 9 nitrogen and oxygen atoms in total. The molecule has 2 heterocycles. The summed E-state index contributed by atoms with van der Waals surface area (Å²) in [5.41, 5.74) is 8.64. The lowest BCUT2D eigenvalue weighted by Crippen LogP contribution is -2.19. The van der Waals surface area contributed by atoms with Gasteiger partial charge in [-0.25, -0.2) is 0 Å². The summed E-state index contributed by atoms with van der Waals surface area (Å²) >= 11 is 6.37. The molecule has 0 unspecified atom stereocenters. The van der Waals surface area contributed by atoms with Crippen LogP contribution in [-0.2, 0) is 0 Å². The Morgan fingerprint density at radius 1 is 1.13 bits per heavy atom. The zero-order valence-corrected chi connectivity index (χ0v) is 17.5. The minimum atomic E-state index is -0.226. The fourth-order valence-electron chi connectivity index (χ4n) is 3.14. The van der Waals surface area contributed by atoms with Gasteiger partial charge >= 0.3 is 0 Å². The summed E-state index contributed by atoms with van der Waals surface area (Å²) in [7, 11) is 3.14. The molecule has 6 N–H and O–H groups in total. The largest absolute Gasteiger partial charge is 0.495 e. The number of anilines is 5. The number of carbonyl (C=O) groups excluding carboxylic acids is 1. The standard InChI is InChI=1S/C21H20ClN7O2/c1-24-20(30)12-5-3-4-6-14(12)26-19-17-13(22)10-25-18(17)28-21(29-19)27-15-9-11(23)7-8-16(15)31-2/h3-10H,23H2,1-2H3,(H,24,30)(H3,25,26,27,28,29). The number of nitrogens with one attached hydrogen (secondary N) is 4. The highest BCUT2D eigenvalue weighted by atomic mass is 35.5. The molecular weight excluding hydrogens is 418 g/mol. The van der Waals surface area contributed by atoms with Crippen LogP contribution in [0, 0.1) is 0 Å². The number of ether oxygens (including phenoxy) is 1. The summed E-state index contributed by atoms with van der Waals surface area (Å²) in [5.74, 6) is 1.08. The second-order valence-electron chi connectivity index (χ2n) is 6.59. The van der Waals surface area contributed by atoms with Crippen molar-refractivity contribution in [2.75, 3.05) is 30.5 Å². The molecule has 0 aliphatic rings. The van der Waals surface area contributed by atoms with Gasteiger partial charge in [-0.3, -0.25) is 4.79 Å². The Kier molecular flexibility index (Phi) is 5.50. The van der Waals surface area contributed by atoms with Crippen LogP contribution in [0.25, 0.3) is 11.0 Å². The molecule has 1 amide bonds. The number of amides is 1.